The lowest BCUT2D eigenvalue weighted by atomic mass is 10.0. The zero-order valence-corrected chi connectivity index (χ0v) is 17.8. The third kappa shape index (κ3) is 5.13. The van der Waals surface area contributed by atoms with E-state index in [9.17, 15) is 4.79 Å². The average Bonchev–Trinajstić information content (AvgIpc) is 3.31. The maximum absolute atomic E-state index is 12.8. The number of hydrogen-bond donors (Lipinski definition) is 1. The number of rotatable bonds is 7. The second-order valence-electron chi connectivity index (χ2n) is 7.59. The van der Waals surface area contributed by atoms with Crippen LogP contribution < -0.4 is 10.1 Å². The Morgan fingerprint density at radius 2 is 1.84 bits per heavy atom. The van der Waals surface area contributed by atoms with Crippen LogP contribution in [0.5, 0.6) is 5.75 Å². The fourth-order valence-corrected chi connectivity index (χ4v) is 3.69. The van der Waals surface area contributed by atoms with Gasteiger partial charge in [0, 0.05) is 31.3 Å². The van der Waals surface area contributed by atoms with Crippen LogP contribution in [0.15, 0.2) is 59.1 Å². The van der Waals surface area contributed by atoms with E-state index in [-0.39, 0.29) is 17.6 Å². The second kappa shape index (κ2) is 9.76. The third-order valence-electron chi connectivity index (χ3n) is 5.52. The zero-order valence-electron chi connectivity index (χ0n) is 17.8. The lowest BCUT2D eigenvalue weighted by Crippen LogP contribution is -2.43. The molecule has 1 N–H and O–H groups in total. The van der Waals surface area contributed by atoms with Crippen LogP contribution in [0, 0.1) is 6.92 Å². The molecule has 1 amide bonds. The van der Waals surface area contributed by atoms with Gasteiger partial charge in [0.15, 0.2) is 11.5 Å². The number of ether oxygens (including phenoxy) is 2. The molecule has 7 nitrogen and oxygen atoms in total. The van der Waals surface area contributed by atoms with Gasteiger partial charge in [-0.2, -0.15) is 0 Å². The van der Waals surface area contributed by atoms with Gasteiger partial charge in [0.05, 0.1) is 26.4 Å². The summed E-state index contributed by atoms with van der Waals surface area (Å²) in [5, 5.41) is 6.99. The summed E-state index contributed by atoms with van der Waals surface area (Å²) in [4.78, 5) is 15.1. The molecule has 0 saturated carbocycles. The third-order valence-corrected chi connectivity index (χ3v) is 5.52. The molecule has 4 rings (SSSR count). The molecule has 0 radical (unpaired) electrons. The Balaban J connectivity index is 1.46. The molecule has 1 fully saturated rings. The van der Waals surface area contributed by atoms with E-state index in [1.807, 2.05) is 55.5 Å². The zero-order chi connectivity index (χ0) is 21.6. The smallest absolute Gasteiger partial charge is 0.273 e. The topological polar surface area (TPSA) is 76.8 Å². The van der Waals surface area contributed by atoms with Gasteiger partial charge in [-0.1, -0.05) is 47.1 Å². The largest absolute Gasteiger partial charge is 0.497 e. The minimum atomic E-state index is -0.256. The predicted octanol–water partition coefficient (Wildman–Crippen LogP) is 3.46. The fourth-order valence-electron chi connectivity index (χ4n) is 3.69. The van der Waals surface area contributed by atoms with E-state index in [2.05, 4.69) is 15.4 Å². The highest BCUT2D eigenvalue weighted by atomic mass is 16.5. The summed E-state index contributed by atoms with van der Waals surface area (Å²) in [5.74, 6) is 1.12. The summed E-state index contributed by atoms with van der Waals surface area (Å²) in [6.07, 6.45) is 0. The number of aryl methyl sites for hydroxylation is 1. The number of hydrogen-bond acceptors (Lipinski definition) is 6. The molecule has 1 atom stereocenters. The SMILES string of the molecule is COc1ccc([C@@H](CNC(=O)c2cc(-c3ccc(C)cc3)on2)N2CCOCC2)cc1. The number of nitrogens with zero attached hydrogens (tertiary/aromatic N) is 2. The van der Waals surface area contributed by atoms with Crippen LogP contribution in [0.4, 0.5) is 0 Å². The summed E-state index contributed by atoms with van der Waals surface area (Å²) in [5.41, 5.74) is 3.44. The van der Waals surface area contributed by atoms with Crippen LogP contribution in [0.1, 0.15) is 27.7 Å². The van der Waals surface area contributed by atoms with Crippen molar-refractivity contribution in [1.29, 1.82) is 0 Å². The van der Waals surface area contributed by atoms with E-state index in [1.54, 1.807) is 13.2 Å². The predicted molar refractivity (Wildman–Crippen MR) is 117 cm³/mol. The van der Waals surface area contributed by atoms with Crippen molar-refractivity contribution in [3.05, 3.63) is 71.4 Å². The van der Waals surface area contributed by atoms with Crippen molar-refractivity contribution < 1.29 is 18.8 Å². The van der Waals surface area contributed by atoms with Crippen molar-refractivity contribution >= 4 is 5.91 Å². The van der Waals surface area contributed by atoms with Crippen LogP contribution in [0.2, 0.25) is 0 Å². The molecule has 162 valence electrons. The summed E-state index contributed by atoms with van der Waals surface area (Å²) < 4.78 is 16.2. The van der Waals surface area contributed by atoms with Crippen molar-refractivity contribution in [2.45, 2.75) is 13.0 Å². The van der Waals surface area contributed by atoms with E-state index in [4.69, 9.17) is 14.0 Å². The Kier molecular flexibility index (Phi) is 6.64. The quantitative estimate of drug-likeness (QED) is 0.630. The van der Waals surface area contributed by atoms with Crippen LogP contribution >= 0.6 is 0 Å². The monoisotopic (exact) mass is 421 g/mol. The highest BCUT2D eigenvalue weighted by molar-refractivity contribution is 5.93. The van der Waals surface area contributed by atoms with E-state index >= 15 is 0 Å². The Labute approximate surface area is 181 Å². The van der Waals surface area contributed by atoms with Gasteiger partial charge in [0.2, 0.25) is 0 Å². The van der Waals surface area contributed by atoms with Crippen LogP contribution in [-0.4, -0.2) is 55.9 Å². The molecule has 0 spiro atoms. The highest BCUT2D eigenvalue weighted by Crippen LogP contribution is 2.24. The lowest BCUT2D eigenvalue weighted by molar-refractivity contribution is 0.0162. The highest BCUT2D eigenvalue weighted by Gasteiger charge is 2.24. The van der Waals surface area contributed by atoms with Crippen LogP contribution in [0.25, 0.3) is 11.3 Å². The first-order valence-corrected chi connectivity index (χ1v) is 10.4. The molecule has 2 heterocycles. The van der Waals surface area contributed by atoms with Gasteiger partial charge in [-0.25, -0.2) is 0 Å². The van der Waals surface area contributed by atoms with Crippen molar-refractivity contribution in [3.63, 3.8) is 0 Å². The number of benzene rings is 2. The number of carbonyl (C=O) groups is 1. The number of methoxy groups -OCH3 is 1. The Morgan fingerprint density at radius 1 is 1.13 bits per heavy atom. The first-order chi connectivity index (χ1) is 15.1. The van der Waals surface area contributed by atoms with E-state index in [0.29, 0.717) is 25.5 Å². The first-order valence-electron chi connectivity index (χ1n) is 10.4. The number of nitrogens with one attached hydrogen (secondary N) is 1. The van der Waals surface area contributed by atoms with Crippen molar-refractivity contribution in [2.24, 2.45) is 0 Å². The molecule has 1 aliphatic rings. The maximum Gasteiger partial charge on any atom is 0.273 e. The van der Waals surface area contributed by atoms with Gasteiger partial charge in [-0.3, -0.25) is 9.69 Å². The molecule has 2 aromatic carbocycles. The van der Waals surface area contributed by atoms with Gasteiger partial charge < -0.3 is 19.3 Å². The summed E-state index contributed by atoms with van der Waals surface area (Å²) >= 11 is 0. The number of aromatic nitrogens is 1. The molecule has 3 aromatic rings. The molecule has 1 aliphatic heterocycles. The summed E-state index contributed by atoms with van der Waals surface area (Å²) in [6, 6.07) is 17.6. The van der Waals surface area contributed by atoms with E-state index < -0.39 is 0 Å². The Morgan fingerprint density at radius 3 is 2.52 bits per heavy atom. The van der Waals surface area contributed by atoms with Gasteiger partial charge in [0.1, 0.15) is 5.75 Å². The van der Waals surface area contributed by atoms with Gasteiger partial charge >= 0.3 is 0 Å². The molecule has 0 unspecified atom stereocenters. The Hall–Kier alpha value is -3.16. The van der Waals surface area contributed by atoms with Gasteiger partial charge in [0.25, 0.3) is 5.91 Å². The van der Waals surface area contributed by atoms with Crippen molar-refractivity contribution in [3.8, 4) is 17.1 Å². The second-order valence-corrected chi connectivity index (χ2v) is 7.59. The van der Waals surface area contributed by atoms with Crippen molar-refractivity contribution in [2.75, 3.05) is 40.0 Å². The maximum atomic E-state index is 12.8. The molecule has 1 saturated heterocycles. The Bertz CT molecular complexity index is 992. The molecule has 7 heteroatoms. The fraction of sp³-hybridized carbons (Fsp3) is 0.333. The number of carbonyl (C=O) groups excluding carboxylic acids is 1. The van der Waals surface area contributed by atoms with Crippen LogP contribution in [-0.2, 0) is 4.74 Å². The number of amides is 1. The standard InChI is InChI=1S/C24H27N3O4/c1-17-3-5-19(6-4-17)23-15-21(26-31-23)24(28)25-16-22(27-11-13-30-14-12-27)18-7-9-20(29-2)10-8-18/h3-10,15,22H,11-14,16H2,1-2H3,(H,25,28)/t22-/m1/s1. The van der Waals surface area contributed by atoms with Crippen LogP contribution in [0.3, 0.4) is 0 Å². The minimum Gasteiger partial charge on any atom is -0.497 e. The van der Waals surface area contributed by atoms with E-state index in [1.165, 1.54) is 0 Å². The lowest BCUT2D eigenvalue weighted by Gasteiger charge is -2.34. The van der Waals surface area contributed by atoms with Crippen molar-refractivity contribution in [1.82, 2.24) is 15.4 Å². The average molecular weight is 421 g/mol. The molecule has 0 bridgehead atoms. The first kappa shape index (κ1) is 21.1. The molecule has 1 aromatic heterocycles. The normalized spacial score (nSPS) is 15.4. The molecule has 31 heavy (non-hydrogen) atoms. The summed E-state index contributed by atoms with van der Waals surface area (Å²) in [7, 11) is 1.65. The summed E-state index contributed by atoms with van der Waals surface area (Å²) in [6.45, 7) is 5.48. The van der Waals surface area contributed by atoms with Gasteiger partial charge in [-0.15, -0.1) is 0 Å². The number of morpholine rings is 1. The minimum absolute atomic E-state index is 0.0298. The molecular weight excluding hydrogens is 394 g/mol. The molecule has 0 aliphatic carbocycles. The molecular formula is C24H27N3O4. The van der Waals surface area contributed by atoms with Gasteiger partial charge in [-0.05, 0) is 24.6 Å². The van der Waals surface area contributed by atoms with E-state index in [0.717, 1.165) is 35.5 Å².